The lowest BCUT2D eigenvalue weighted by Gasteiger charge is -2.13. The molecule has 0 unspecified atom stereocenters. The number of hydrogen-bond donors (Lipinski definition) is 1. The molecular formula is C14H20N2O3. The minimum atomic E-state index is -0.203. The van der Waals surface area contributed by atoms with Crippen LogP contribution in [0.15, 0.2) is 16.5 Å². The van der Waals surface area contributed by atoms with Gasteiger partial charge in [-0.2, -0.15) is 0 Å². The highest BCUT2D eigenvalue weighted by molar-refractivity contribution is 5.89. The highest BCUT2D eigenvalue weighted by atomic mass is 16.3. The molecule has 0 spiro atoms. The number of furan rings is 1. The number of amides is 2. The molecule has 1 aliphatic rings. The SMILES string of the molecule is CCN1C[C@@H](C(=O)NCCc2ccc(C)o2)CC1=O. The molecule has 5 nitrogen and oxygen atoms in total. The number of carbonyl (C=O) groups is 2. The summed E-state index contributed by atoms with van der Waals surface area (Å²) in [5, 5.41) is 2.87. The molecule has 2 rings (SSSR count). The zero-order valence-electron chi connectivity index (χ0n) is 11.4. The van der Waals surface area contributed by atoms with Gasteiger partial charge in [0.2, 0.25) is 11.8 Å². The molecule has 0 radical (unpaired) electrons. The second-order valence-corrected chi connectivity index (χ2v) is 4.89. The molecule has 1 saturated heterocycles. The Balaban J connectivity index is 1.74. The van der Waals surface area contributed by atoms with Crippen molar-refractivity contribution in [1.82, 2.24) is 10.2 Å². The summed E-state index contributed by atoms with van der Waals surface area (Å²) in [5.74, 6) is 1.58. The first-order chi connectivity index (χ1) is 9.10. The summed E-state index contributed by atoms with van der Waals surface area (Å²) in [7, 11) is 0. The first-order valence-corrected chi connectivity index (χ1v) is 6.71. The van der Waals surface area contributed by atoms with E-state index in [2.05, 4.69) is 5.32 Å². The van der Waals surface area contributed by atoms with Crippen molar-refractivity contribution in [2.75, 3.05) is 19.6 Å². The molecule has 5 heteroatoms. The van der Waals surface area contributed by atoms with Crippen LogP contribution in [0.4, 0.5) is 0 Å². The molecule has 1 aliphatic heterocycles. The Morgan fingerprint density at radius 2 is 2.32 bits per heavy atom. The third kappa shape index (κ3) is 3.36. The fraction of sp³-hybridized carbons (Fsp3) is 0.571. The van der Waals surface area contributed by atoms with E-state index in [9.17, 15) is 9.59 Å². The summed E-state index contributed by atoms with van der Waals surface area (Å²) in [4.78, 5) is 25.2. The predicted molar refractivity (Wildman–Crippen MR) is 70.5 cm³/mol. The molecule has 1 N–H and O–H groups in total. The molecule has 1 aromatic rings. The van der Waals surface area contributed by atoms with Gasteiger partial charge in [0.25, 0.3) is 0 Å². The van der Waals surface area contributed by atoms with Crippen LogP contribution in [0.2, 0.25) is 0 Å². The minimum absolute atomic E-state index is 0.0346. The summed E-state index contributed by atoms with van der Waals surface area (Å²) in [5.41, 5.74) is 0. The lowest BCUT2D eigenvalue weighted by molar-refractivity contribution is -0.128. The highest BCUT2D eigenvalue weighted by Crippen LogP contribution is 2.17. The molecule has 1 aromatic heterocycles. The summed E-state index contributed by atoms with van der Waals surface area (Å²) >= 11 is 0. The van der Waals surface area contributed by atoms with E-state index < -0.39 is 0 Å². The van der Waals surface area contributed by atoms with Gasteiger partial charge < -0.3 is 14.6 Å². The molecule has 0 saturated carbocycles. The second kappa shape index (κ2) is 5.91. The molecule has 0 bridgehead atoms. The minimum Gasteiger partial charge on any atom is -0.466 e. The number of nitrogens with one attached hydrogen (secondary N) is 1. The van der Waals surface area contributed by atoms with Gasteiger partial charge in [-0.1, -0.05) is 0 Å². The third-order valence-electron chi connectivity index (χ3n) is 3.43. The average molecular weight is 264 g/mol. The van der Waals surface area contributed by atoms with E-state index >= 15 is 0 Å². The number of hydrogen-bond acceptors (Lipinski definition) is 3. The maximum Gasteiger partial charge on any atom is 0.225 e. The molecular weight excluding hydrogens is 244 g/mol. The van der Waals surface area contributed by atoms with Gasteiger partial charge in [0, 0.05) is 32.5 Å². The molecule has 104 valence electrons. The van der Waals surface area contributed by atoms with Crippen LogP contribution in [-0.2, 0) is 16.0 Å². The quantitative estimate of drug-likeness (QED) is 0.866. The maximum atomic E-state index is 11.9. The fourth-order valence-electron chi connectivity index (χ4n) is 2.33. The molecule has 2 heterocycles. The smallest absolute Gasteiger partial charge is 0.225 e. The van der Waals surface area contributed by atoms with Gasteiger partial charge in [0.15, 0.2) is 0 Å². The Kier molecular flexibility index (Phi) is 4.24. The molecule has 19 heavy (non-hydrogen) atoms. The topological polar surface area (TPSA) is 62.6 Å². The van der Waals surface area contributed by atoms with Crippen molar-refractivity contribution in [2.24, 2.45) is 5.92 Å². The zero-order valence-corrected chi connectivity index (χ0v) is 11.4. The van der Waals surface area contributed by atoms with Crippen LogP contribution in [0.5, 0.6) is 0 Å². The number of likely N-dealkylation sites (tertiary alicyclic amines) is 1. The van der Waals surface area contributed by atoms with E-state index in [4.69, 9.17) is 4.42 Å². The first-order valence-electron chi connectivity index (χ1n) is 6.71. The van der Waals surface area contributed by atoms with Crippen molar-refractivity contribution in [3.63, 3.8) is 0 Å². The third-order valence-corrected chi connectivity index (χ3v) is 3.43. The van der Waals surface area contributed by atoms with Gasteiger partial charge in [-0.25, -0.2) is 0 Å². The van der Waals surface area contributed by atoms with Gasteiger partial charge in [0.05, 0.1) is 5.92 Å². The summed E-state index contributed by atoms with van der Waals surface area (Å²) in [6.45, 7) is 5.58. The molecule has 1 fully saturated rings. The number of aryl methyl sites for hydroxylation is 1. The number of nitrogens with zero attached hydrogens (tertiary/aromatic N) is 1. The average Bonchev–Trinajstić information content (AvgIpc) is 2.95. The van der Waals surface area contributed by atoms with Crippen LogP contribution in [0, 0.1) is 12.8 Å². The van der Waals surface area contributed by atoms with Crippen molar-refractivity contribution < 1.29 is 14.0 Å². The van der Waals surface area contributed by atoms with Gasteiger partial charge in [-0.15, -0.1) is 0 Å². The molecule has 0 aromatic carbocycles. The van der Waals surface area contributed by atoms with Crippen molar-refractivity contribution in [1.29, 1.82) is 0 Å². The normalized spacial score (nSPS) is 18.9. The van der Waals surface area contributed by atoms with Crippen LogP contribution in [0.3, 0.4) is 0 Å². The first kappa shape index (κ1) is 13.6. The maximum absolute atomic E-state index is 11.9. The highest BCUT2D eigenvalue weighted by Gasteiger charge is 2.32. The lowest BCUT2D eigenvalue weighted by atomic mass is 10.1. The standard InChI is InChI=1S/C14H20N2O3/c1-3-16-9-11(8-13(16)17)14(18)15-7-6-12-5-4-10(2)19-12/h4-5,11H,3,6-9H2,1-2H3,(H,15,18)/t11-/m0/s1. The second-order valence-electron chi connectivity index (χ2n) is 4.89. The van der Waals surface area contributed by atoms with Gasteiger partial charge in [0.1, 0.15) is 11.5 Å². The Morgan fingerprint density at radius 3 is 2.89 bits per heavy atom. The monoisotopic (exact) mass is 264 g/mol. The number of rotatable bonds is 5. The van der Waals surface area contributed by atoms with Crippen molar-refractivity contribution >= 4 is 11.8 Å². The lowest BCUT2D eigenvalue weighted by Crippen LogP contribution is -2.34. The molecule has 1 atom stereocenters. The fourth-order valence-corrected chi connectivity index (χ4v) is 2.33. The van der Waals surface area contributed by atoms with Gasteiger partial charge >= 0.3 is 0 Å². The van der Waals surface area contributed by atoms with E-state index in [1.54, 1.807) is 4.90 Å². The van der Waals surface area contributed by atoms with E-state index in [0.29, 0.717) is 32.5 Å². The molecule has 2 amide bonds. The Labute approximate surface area is 113 Å². The largest absolute Gasteiger partial charge is 0.466 e. The number of carbonyl (C=O) groups excluding carboxylic acids is 2. The van der Waals surface area contributed by atoms with Crippen LogP contribution >= 0.6 is 0 Å². The van der Waals surface area contributed by atoms with Crippen LogP contribution < -0.4 is 5.32 Å². The van der Waals surface area contributed by atoms with Crippen molar-refractivity contribution in [2.45, 2.75) is 26.7 Å². The van der Waals surface area contributed by atoms with Crippen molar-refractivity contribution in [3.8, 4) is 0 Å². The van der Waals surface area contributed by atoms with Gasteiger partial charge in [-0.05, 0) is 26.0 Å². The van der Waals surface area contributed by atoms with Crippen LogP contribution in [0.25, 0.3) is 0 Å². The van der Waals surface area contributed by atoms with Crippen LogP contribution in [0.1, 0.15) is 24.9 Å². The van der Waals surface area contributed by atoms with E-state index in [0.717, 1.165) is 11.5 Å². The Hall–Kier alpha value is -1.78. The summed E-state index contributed by atoms with van der Waals surface area (Å²) in [6.07, 6.45) is 1.01. The summed E-state index contributed by atoms with van der Waals surface area (Å²) < 4.78 is 5.43. The van der Waals surface area contributed by atoms with E-state index in [1.807, 2.05) is 26.0 Å². The van der Waals surface area contributed by atoms with E-state index in [1.165, 1.54) is 0 Å². The van der Waals surface area contributed by atoms with E-state index in [-0.39, 0.29) is 17.7 Å². The van der Waals surface area contributed by atoms with Gasteiger partial charge in [-0.3, -0.25) is 9.59 Å². The predicted octanol–water partition coefficient (Wildman–Crippen LogP) is 1.12. The Morgan fingerprint density at radius 1 is 1.53 bits per heavy atom. The zero-order chi connectivity index (χ0) is 13.8. The van der Waals surface area contributed by atoms with Crippen molar-refractivity contribution in [3.05, 3.63) is 23.7 Å². The summed E-state index contributed by atoms with van der Waals surface area (Å²) in [6, 6.07) is 3.82. The Bertz CT molecular complexity index is 467. The molecule has 0 aliphatic carbocycles. The van der Waals surface area contributed by atoms with Crippen LogP contribution in [-0.4, -0.2) is 36.3 Å².